The van der Waals surface area contributed by atoms with Crippen LogP contribution in [0.25, 0.3) is 5.14 Å². The molecule has 0 saturated heterocycles. The van der Waals surface area contributed by atoms with E-state index in [4.69, 9.17) is 5.14 Å². The molecule has 0 aliphatic rings. The third kappa shape index (κ3) is 3.71. The molecule has 6 heteroatoms. The molecule has 0 amide bonds. The van der Waals surface area contributed by atoms with Gasteiger partial charge in [-0.1, -0.05) is 6.07 Å². The quantitative estimate of drug-likeness (QED) is 0.495. The summed E-state index contributed by atoms with van der Waals surface area (Å²) in [5, 5.41) is 6.74. The van der Waals surface area contributed by atoms with Gasteiger partial charge in [0.15, 0.2) is 0 Å². The molecule has 0 aliphatic carbocycles. The van der Waals surface area contributed by atoms with Gasteiger partial charge in [-0.05, 0) is 40.8 Å². The molecule has 0 aromatic heterocycles. The second kappa shape index (κ2) is 4.92. The average Bonchev–Trinajstić information content (AvgIpc) is 1.86. The van der Waals surface area contributed by atoms with E-state index < -0.39 is 10.0 Å². The van der Waals surface area contributed by atoms with E-state index in [1.807, 2.05) is 22.6 Å². The van der Waals surface area contributed by atoms with E-state index >= 15 is 0 Å². The molecule has 0 atom stereocenters. The largest absolute Gasteiger partial charge is 1.00 e. The van der Waals surface area contributed by atoms with Gasteiger partial charge in [0.1, 0.15) is 0 Å². The van der Waals surface area contributed by atoms with E-state index in [1.165, 1.54) is 12.1 Å². The van der Waals surface area contributed by atoms with Gasteiger partial charge >= 0.3 is 29.6 Å². The monoisotopic (exact) mass is 305 g/mol. The first-order chi connectivity index (χ1) is 5.00. The van der Waals surface area contributed by atoms with Crippen LogP contribution in [0.2, 0.25) is 0 Å². The zero-order chi connectivity index (χ0) is 8.48. The van der Waals surface area contributed by atoms with Crippen molar-refractivity contribution in [1.29, 1.82) is 0 Å². The van der Waals surface area contributed by atoms with Gasteiger partial charge in [0, 0.05) is 8.47 Å². The molecular formula is C6H5INNaO2S. The molecule has 3 nitrogen and oxygen atoms in total. The van der Waals surface area contributed by atoms with Crippen LogP contribution in [0.5, 0.6) is 0 Å². The van der Waals surface area contributed by atoms with Gasteiger partial charge in [0.05, 0.1) is 10.0 Å². The Bertz CT molecular complexity index is 366. The Morgan fingerprint density at radius 1 is 1.33 bits per heavy atom. The van der Waals surface area contributed by atoms with Crippen LogP contribution in [0.4, 0.5) is 0 Å². The van der Waals surface area contributed by atoms with Crippen molar-refractivity contribution in [1.82, 2.24) is 0 Å². The van der Waals surface area contributed by atoms with E-state index in [9.17, 15) is 8.42 Å². The van der Waals surface area contributed by atoms with Gasteiger partial charge < -0.3 is 5.14 Å². The van der Waals surface area contributed by atoms with Crippen molar-refractivity contribution < 1.29 is 38.0 Å². The Labute approximate surface area is 107 Å². The Balaban J connectivity index is 0.00000121. The van der Waals surface area contributed by atoms with Crippen molar-refractivity contribution in [3.63, 3.8) is 0 Å². The summed E-state index contributed by atoms with van der Waals surface area (Å²) in [5.74, 6) is 0. The molecule has 0 aliphatic heterocycles. The van der Waals surface area contributed by atoms with E-state index in [0.29, 0.717) is 0 Å². The summed E-state index contributed by atoms with van der Waals surface area (Å²) in [7, 11) is -3.78. The summed E-state index contributed by atoms with van der Waals surface area (Å²) in [6.45, 7) is 0. The van der Waals surface area contributed by atoms with Gasteiger partial charge in [-0.25, -0.2) is 8.42 Å². The molecule has 0 saturated carbocycles. The fourth-order valence-electron chi connectivity index (χ4n) is 0.634. The van der Waals surface area contributed by atoms with Gasteiger partial charge in [0.2, 0.25) is 0 Å². The fraction of sp³-hybridized carbons (Fsp3) is 0. The van der Waals surface area contributed by atoms with E-state index in [1.54, 1.807) is 12.1 Å². The number of benzene rings is 1. The van der Waals surface area contributed by atoms with Crippen molar-refractivity contribution in [2.45, 2.75) is 4.90 Å². The summed E-state index contributed by atoms with van der Waals surface area (Å²) in [5.41, 5.74) is 0. The van der Waals surface area contributed by atoms with Gasteiger partial charge in [-0.15, -0.1) is 0 Å². The first-order valence-electron chi connectivity index (χ1n) is 2.75. The minimum atomic E-state index is -3.78. The number of hydrogen-bond donors (Lipinski definition) is 0. The number of nitrogens with one attached hydrogen (secondary N) is 1. The summed E-state index contributed by atoms with van der Waals surface area (Å²) in [4.78, 5) is 0.0457. The number of sulfonamides is 1. The van der Waals surface area contributed by atoms with Crippen LogP contribution in [0, 0.1) is 3.57 Å². The molecule has 0 spiro atoms. The van der Waals surface area contributed by atoms with Crippen molar-refractivity contribution in [3.05, 3.63) is 33.0 Å². The molecule has 12 heavy (non-hydrogen) atoms. The smallest absolute Gasteiger partial charge is 0.560 e. The first kappa shape index (κ1) is 12.9. The molecule has 0 heterocycles. The minimum Gasteiger partial charge on any atom is -0.560 e. The van der Waals surface area contributed by atoms with E-state index in [-0.39, 0.29) is 34.5 Å². The van der Waals surface area contributed by atoms with E-state index in [0.717, 1.165) is 3.57 Å². The molecule has 1 N–H and O–H groups in total. The molecule has 1 aromatic rings. The molecule has 1 aromatic carbocycles. The Morgan fingerprint density at radius 3 is 2.25 bits per heavy atom. The number of hydrogen-bond acceptors (Lipinski definition) is 2. The topological polar surface area (TPSA) is 57.9 Å². The normalized spacial score (nSPS) is 10.5. The van der Waals surface area contributed by atoms with Crippen LogP contribution in [-0.2, 0) is 10.0 Å². The maximum Gasteiger partial charge on any atom is 1.00 e. The number of halogens is 1. The SMILES string of the molecule is [NH-]S(=O)(=O)c1cccc(I)c1.[Na+]. The molecular weight excluding hydrogens is 300 g/mol. The molecule has 60 valence electrons. The summed E-state index contributed by atoms with van der Waals surface area (Å²) < 4.78 is 22.1. The summed E-state index contributed by atoms with van der Waals surface area (Å²) in [6, 6.07) is 6.26. The van der Waals surface area contributed by atoms with Crippen molar-refractivity contribution in [2.24, 2.45) is 0 Å². The maximum atomic E-state index is 10.6. The zero-order valence-electron chi connectivity index (χ0n) is 6.41. The standard InChI is InChI=1S/C6H5INO2S.Na/c7-5-2-1-3-6(4-5)11(8,9)10;/h1-4H,(H-,8,9,10);/q-1;+1. The Kier molecular flexibility index (Phi) is 5.27. The second-order valence-corrected chi connectivity index (χ2v) is 4.68. The van der Waals surface area contributed by atoms with Crippen molar-refractivity contribution in [2.75, 3.05) is 0 Å². The third-order valence-corrected chi connectivity index (χ3v) is 2.65. The molecule has 0 unspecified atom stereocenters. The predicted octanol–water partition coefficient (Wildman–Crippen LogP) is -0.964. The zero-order valence-corrected chi connectivity index (χ0v) is 11.4. The van der Waals surface area contributed by atoms with Crippen LogP contribution in [0.15, 0.2) is 29.2 Å². The fourth-order valence-corrected chi connectivity index (χ4v) is 1.93. The number of rotatable bonds is 1. The molecule has 0 bridgehead atoms. The Hall–Kier alpha value is 0.860. The summed E-state index contributed by atoms with van der Waals surface area (Å²) in [6.07, 6.45) is 0. The van der Waals surface area contributed by atoms with E-state index in [2.05, 4.69) is 0 Å². The second-order valence-electron chi connectivity index (χ2n) is 1.96. The average molecular weight is 305 g/mol. The molecule has 0 radical (unpaired) electrons. The maximum absolute atomic E-state index is 10.6. The molecule has 1 rings (SSSR count). The third-order valence-electron chi connectivity index (χ3n) is 1.11. The van der Waals surface area contributed by atoms with Crippen LogP contribution in [-0.4, -0.2) is 8.42 Å². The van der Waals surface area contributed by atoms with Crippen LogP contribution >= 0.6 is 22.6 Å². The Morgan fingerprint density at radius 2 is 1.92 bits per heavy atom. The van der Waals surface area contributed by atoms with Gasteiger partial charge in [0.25, 0.3) is 0 Å². The van der Waals surface area contributed by atoms with Crippen molar-refractivity contribution in [3.8, 4) is 0 Å². The molecule has 0 fully saturated rings. The van der Waals surface area contributed by atoms with Gasteiger partial charge in [-0.3, -0.25) is 0 Å². The van der Waals surface area contributed by atoms with Crippen LogP contribution < -0.4 is 29.6 Å². The van der Waals surface area contributed by atoms with Crippen LogP contribution in [0.1, 0.15) is 0 Å². The minimum absolute atomic E-state index is 0. The van der Waals surface area contributed by atoms with Crippen LogP contribution in [0.3, 0.4) is 0 Å². The predicted molar refractivity (Wildman–Crippen MR) is 50.7 cm³/mol. The first-order valence-corrected chi connectivity index (χ1v) is 5.31. The van der Waals surface area contributed by atoms with Crippen molar-refractivity contribution >= 4 is 32.6 Å². The summed E-state index contributed by atoms with van der Waals surface area (Å²) >= 11 is 2.00. The van der Waals surface area contributed by atoms with Gasteiger partial charge in [-0.2, -0.15) is 0 Å².